The molecule has 3 rings (SSSR count). The summed E-state index contributed by atoms with van der Waals surface area (Å²) in [6.07, 6.45) is 0. The Morgan fingerprint density at radius 1 is 1.28 bits per heavy atom. The smallest absolute Gasteiger partial charge is 0.278 e. The van der Waals surface area contributed by atoms with Crippen LogP contribution in [0.3, 0.4) is 0 Å². The summed E-state index contributed by atoms with van der Waals surface area (Å²) < 4.78 is 1.47. The number of fused-ring (bicyclic) bond motifs is 1. The van der Waals surface area contributed by atoms with Crippen molar-refractivity contribution in [1.29, 1.82) is 0 Å². The van der Waals surface area contributed by atoms with Gasteiger partial charge in [0.1, 0.15) is 5.52 Å². The van der Waals surface area contributed by atoms with E-state index in [4.69, 9.17) is 0 Å². The Morgan fingerprint density at radius 3 is 2.72 bits per heavy atom. The van der Waals surface area contributed by atoms with Crippen LogP contribution in [0.2, 0.25) is 0 Å². The van der Waals surface area contributed by atoms with Gasteiger partial charge in [0.05, 0.1) is 11.3 Å². The van der Waals surface area contributed by atoms with Gasteiger partial charge < -0.3 is 10.3 Å². The number of carbonyl (C=O) groups is 1. The molecule has 25 heavy (non-hydrogen) atoms. The maximum absolute atomic E-state index is 12.3. The van der Waals surface area contributed by atoms with E-state index in [0.717, 1.165) is 11.3 Å². The van der Waals surface area contributed by atoms with Gasteiger partial charge in [-0.05, 0) is 25.5 Å². The lowest BCUT2D eigenvalue weighted by Crippen LogP contribution is -2.25. The van der Waals surface area contributed by atoms with Crippen molar-refractivity contribution >= 4 is 28.7 Å². The standard InChI is InChI=1S/C18H20N4O2S/c1-11-4-6-13(7-5-11)9-19-15(23)10-25-18-21-14-8-12(2)20-16(14)17(24)22(18)3/h4-8,20H,9-10H2,1-3H3,(H,19,23). The van der Waals surface area contributed by atoms with Crippen LogP contribution >= 0.6 is 11.8 Å². The average molecular weight is 356 g/mol. The number of hydrogen-bond acceptors (Lipinski definition) is 4. The number of amides is 1. The lowest BCUT2D eigenvalue weighted by atomic mass is 10.1. The molecule has 0 saturated heterocycles. The molecule has 1 aromatic carbocycles. The largest absolute Gasteiger partial charge is 0.353 e. The first kappa shape index (κ1) is 17.3. The Hall–Kier alpha value is -2.54. The number of aromatic nitrogens is 3. The monoisotopic (exact) mass is 356 g/mol. The van der Waals surface area contributed by atoms with E-state index >= 15 is 0 Å². The highest BCUT2D eigenvalue weighted by atomic mass is 32.2. The minimum Gasteiger partial charge on any atom is -0.353 e. The van der Waals surface area contributed by atoms with Gasteiger partial charge in [0.25, 0.3) is 5.56 Å². The molecule has 130 valence electrons. The molecule has 2 heterocycles. The second-order valence-corrected chi connectivity index (χ2v) is 6.96. The van der Waals surface area contributed by atoms with Crippen LogP contribution in [-0.4, -0.2) is 26.2 Å². The van der Waals surface area contributed by atoms with Crippen molar-refractivity contribution in [1.82, 2.24) is 19.9 Å². The van der Waals surface area contributed by atoms with Crippen LogP contribution in [0.25, 0.3) is 11.0 Å². The van der Waals surface area contributed by atoms with Crippen LogP contribution in [0.1, 0.15) is 16.8 Å². The second-order valence-electron chi connectivity index (χ2n) is 6.02. The molecule has 0 saturated carbocycles. The van der Waals surface area contributed by atoms with Gasteiger partial charge in [-0.3, -0.25) is 14.2 Å². The molecule has 1 amide bonds. The minimum absolute atomic E-state index is 0.0924. The molecule has 0 bridgehead atoms. The molecule has 0 radical (unpaired) electrons. The predicted octanol–water partition coefficient (Wildman–Crippen LogP) is 2.29. The summed E-state index contributed by atoms with van der Waals surface area (Å²) in [5.41, 5.74) is 4.11. The second kappa shape index (κ2) is 7.14. The van der Waals surface area contributed by atoms with Gasteiger partial charge in [0.15, 0.2) is 5.16 Å². The molecule has 0 atom stereocenters. The number of rotatable bonds is 5. The van der Waals surface area contributed by atoms with Gasteiger partial charge in [-0.2, -0.15) is 0 Å². The fourth-order valence-electron chi connectivity index (χ4n) is 2.48. The Labute approximate surface area is 149 Å². The van der Waals surface area contributed by atoms with Gasteiger partial charge in [0, 0.05) is 19.3 Å². The van der Waals surface area contributed by atoms with Crippen LogP contribution in [0.5, 0.6) is 0 Å². The maximum Gasteiger partial charge on any atom is 0.278 e. The summed E-state index contributed by atoms with van der Waals surface area (Å²) in [7, 11) is 1.66. The average Bonchev–Trinajstić information content (AvgIpc) is 2.97. The van der Waals surface area contributed by atoms with E-state index in [-0.39, 0.29) is 17.2 Å². The van der Waals surface area contributed by atoms with E-state index in [0.29, 0.717) is 22.7 Å². The Bertz CT molecular complexity index is 973. The molecular formula is C18H20N4O2S. The van der Waals surface area contributed by atoms with E-state index in [1.165, 1.54) is 21.9 Å². The molecule has 0 aliphatic heterocycles. The number of aryl methyl sites for hydroxylation is 2. The zero-order valence-corrected chi connectivity index (χ0v) is 15.2. The molecule has 0 fully saturated rings. The Morgan fingerprint density at radius 2 is 2.00 bits per heavy atom. The molecule has 7 heteroatoms. The van der Waals surface area contributed by atoms with E-state index < -0.39 is 0 Å². The summed E-state index contributed by atoms with van der Waals surface area (Å²) in [6.45, 7) is 4.40. The zero-order valence-electron chi connectivity index (χ0n) is 14.4. The van der Waals surface area contributed by atoms with Crippen molar-refractivity contribution in [2.24, 2.45) is 7.05 Å². The number of aromatic amines is 1. The summed E-state index contributed by atoms with van der Waals surface area (Å²) in [6, 6.07) is 9.86. The topological polar surface area (TPSA) is 79.8 Å². The molecule has 0 unspecified atom stereocenters. The molecular weight excluding hydrogens is 336 g/mol. The van der Waals surface area contributed by atoms with Crippen molar-refractivity contribution in [3.8, 4) is 0 Å². The number of benzene rings is 1. The van der Waals surface area contributed by atoms with Gasteiger partial charge in [-0.25, -0.2) is 4.98 Å². The highest BCUT2D eigenvalue weighted by Gasteiger charge is 2.12. The number of nitrogens with zero attached hydrogens (tertiary/aromatic N) is 2. The van der Waals surface area contributed by atoms with Crippen molar-refractivity contribution in [3.63, 3.8) is 0 Å². The van der Waals surface area contributed by atoms with Crippen molar-refractivity contribution in [2.45, 2.75) is 25.5 Å². The van der Waals surface area contributed by atoms with Crippen LogP contribution < -0.4 is 10.9 Å². The third-order valence-corrected chi connectivity index (χ3v) is 4.93. The molecule has 2 N–H and O–H groups in total. The Balaban J connectivity index is 1.63. The lowest BCUT2D eigenvalue weighted by molar-refractivity contribution is -0.118. The first-order chi connectivity index (χ1) is 11.9. The summed E-state index contributed by atoms with van der Waals surface area (Å²) in [5.74, 6) is 0.117. The fraction of sp³-hybridized carbons (Fsp3) is 0.278. The third-order valence-electron chi connectivity index (χ3n) is 3.90. The van der Waals surface area contributed by atoms with Crippen LogP contribution in [0.4, 0.5) is 0 Å². The number of thioether (sulfide) groups is 1. The van der Waals surface area contributed by atoms with Crippen molar-refractivity contribution in [3.05, 3.63) is 57.5 Å². The number of H-pyrrole nitrogens is 1. The minimum atomic E-state index is -0.138. The first-order valence-electron chi connectivity index (χ1n) is 7.95. The molecule has 0 aliphatic carbocycles. The highest BCUT2D eigenvalue weighted by Crippen LogP contribution is 2.17. The van der Waals surface area contributed by atoms with Gasteiger partial charge in [-0.1, -0.05) is 41.6 Å². The maximum atomic E-state index is 12.3. The number of nitrogens with one attached hydrogen (secondary N) is 2. The molecule has 2 aromatic heterocycles. The van der Waals surface area contributed by atoms with Crippen LogP contribution in [0.15, 0.2) is 40.3 Å². The fourth-order valence-corrected chi connectivity index (χ4v) is 3.28. The number of carbonyl (C=O) groups excluding carboxylic acids is 1. The van der Waals surface area contributed by atoms with Gasteiger partial charge in [-0.15, -0.1) is 0 Å². The van der Waals surface area contributed by atoms with Crippen LogP contribution in [-0.2, 0) is 18.4 Å². The molecule has 0 spiro atoms. The SMILES string of the molecule is Cc1ccc(CNC(=O)CSc2nc3cc(C)[nH]c3c(=O)n2C)cc1. The van der Waals surface area contributed by atoms with E-state index in [1.807, 2.05) is 44.2 Å². The van der Waals surface area contributed by atoms with Gasteiger partial charge >= 0.3 is 0 Å². The summed E-state index contributed by atoms with van der Waals surface area (Å²) >= 11 is 1.26. The Kier molecular flexibility index (Phi) is 4.94. The third kappa shape index (κ3) is 3.93. The summed E-state index contributed by atoms with van der Waals surface area (Å²) in [5, 5.41) is 3.41. The zero-order chi connectivity index (χ0) is 18.0. The first-order valence-corrected chi connectivity index (χ1v) is 8.94. The van der Waals surface area contributed by atoms with Crippen molar-refractivity contribution in [2.75, 3.05) is 5.75 Å². The molecule has 0 aliphatic rings. The predicted molar refractivity (Wildman–Crippen MR) is 99.8 cm³/mol. The van der Waals surface area contributed by atoms with Crippen molar-refractivity contribution < 1.29 is 4.79 Å². The van der Waals surface area contributed by atoms with Gasteiger partial charge in [0.2, 0.25) is 5.91 Å². The summed E-state index contributed by atoms with van der Waals surface area (Å²) in [4.78, 5) is 31.9. The lowest BCUT2D eigenvalue weighted by Gasteiger charge is -2.08. The quantitative estimate of drug-likeness (QED) is 0.543. The van der Waals surface area contributed by atoms with E-state index in [9.17, 15) is 9.59 Å². The number of hydrogen-bond donors (Lipinski definition) is 2. The highest BCUT2D eigenvalue weighted by molar-refractivity contribution is 7.99. The van der Waals surface area contributed by atoms with E-state index in [1.54, 1.807) is 7.05 Å². The van der Waals surface area contributed by atoms with Crippen LogP contribution in [0, 0.1) is 13.8 Å². The molecule has 3 aromatic rings. The van der Waals surface area contributed by atoms with E-state index in [2.05, 4.69) is 15.3 Å². The normalized spacial score (nSPS) is 11.0. The molecule has 6 nitrogen and oxygen atoms in total.